The molecule has 5 rings (SSSR count). The molecule has 9 heteroatoms. The number of benzene rings is 3. The number of aromatic nitrogens is 2. The van der Waals surface area contributed by atoms with Crippen molar-refractivity contribution in [1.82, 2.24) is 9.97 Å². The highest BCUT2D eigenvalue weighted by atomic mass is 16.5. The van der Waals surface area contributed by atoms with E-state index in [9.17, 15) is 24.6 Å². The number of rotatable bonds is 6. The number of carbonyl (C=O) groups is 3. The number of Topliss-reactive ketones (excluding diaryl/α,β-unsaturated/α-hetero) is 1. The second kappa shape index (κ2) is 9.27. The van der Waals surface area contributed by atoms with Crippen LogP contribution in [0.3, 0.4) is 0 Å². The van der Waals surface area contributed by atoms with Crippen molar-refractivity contribution in [1.29, 1.82) is 0 Å². The number of aromatic amines is 1. The van der Waals surface area contributed by atoms with Gasteiger partial charge in [0.05, 0.1) is 35.3 Å². The molecule has 3 aromatic carbocycles. The molecule has 0 spiro atoms. The molecule has 1 aliphatic heterocycles. The molecule has 9 nitrogen and oxygen atoms in total. The average molecular weight is 498 g/mol. The van der Waals surface area contributed by atoms with E-state index >= 15 is 0 Å². The van der Waals surface area contributed by atoms with Crippen molar-refractivity contribution in [3.8, 4) is 5.75 Å². The number of aromatic carboxylic acids is 1. The van der Waals surface area contributed by atoms with Crippen LogP contribution in [0.25, 0.3) is 16.8 Å². The van der Waals surface area contributed by atoms with Crippen LogP contribution in [0.4, 0.5) is 5.95 Å². The molecule has 0 saturated carbocycles. The molecule has 2 heterocycles. The number of ether oxygens (including phenoxy) is 1. The Labute approximate surface area is 211 Å². The highest BCUT2D eigenvalue weighted by Gasteiger charge is 2.48. The largest absolute Gasteiger partial charge is 0.507 e. The Balaban J connectivity index is 1.71. The Kier molecular flexibility index (Phi) is 5.96. The van der Waals surface area contributed by atoms with Crippen molar-refractivity contribution < 1.29 is 29.3 Å². The van der Waals surface area contributed by atoms with Gasteiger partial charge in [-0.3, -0.25) is 14.5 Å². The number of carbonyl (C=O) groups excluding carboxylic acids is 2. The van der Waals surface area contributed by atoms with E-state index in [0.717, 1.165) is 12.0 Å². The minimum Gasteiger partial charge on any atom is -0.507 e. The van der Waals surface area contributed by atoms with Crippen LogP contribution in [0.5, 0.6) is 5.75 Å². The third kappa shape index (κ3) is 4.10. The molecule has 1 fully saturated rings. The summed E-state index contributed by atoms with van der Waals surface area (Å²) in [5, 5.41) is 20.6. The van der Waals surface area contributed by atoms with E-state index in [0.29, 0.717) is 27.9 Å². The van der Waals surface area contributed by atoms with Crippen LogP contribution in [0.2, 0.25) is 0 Å². The number of methoxy groups -OCH3 is 1. The highest BCUT2D eigenvalue weighted by Crippen LogP contribution is 2.42. The van der Waals surface area contributed by atoms with Crippen molar-refractivity contribution in [2.75, 3.05) is 12.0 Å². The highest BCUT2D eigenvalue weighted by molar-refractivity contribution is 6.51. The summed E-state index contributed by atoms with van der Waals surface area (Å²) >= 11 is 0. The zero-order valence-corrected chi connectivity index (χ0v) is 20.1. The van der Waals surface area contributed by atoms with E-state index in [1.54, 1.807) is 36.4 Å². The number of amides is 1. The molecule has 4 aromatic rings. The monoisotopic (exact) mass is 497 g/mol. The third-order valence-corrected chi connectivity index (χ3v) is 6.43. The summed E-state index contributed by atoms with van der Waals surface area (Å²) in [6.07, 6.45) is 0.810. The van der Waals surface area contributed by atoms with Crippen molar-refractivity contribution in [2.45, 2.75) is 19.4 Å². The summed E-state index contributed by atoms with van der Waals surface area (Å²) in [4.78, 5) is 46.8. The van der Waals surface area contributed by atoms with Crippen molar-refractivity contribution >= 4 is 40.4 Å². The first-order valence-corrected chi connectivity index (χ1v) is 11.6. The van der Waals surface area contributed by atoms with Crippen LogP contribution in [0, 0.1) is 0 Å². The van der Waals surface area contributed by atoms with Gasteiger partial charge in [0, 0.05) is 5.56 Å². The molecule has 0 bridgehead atoms. The number of nitrogens with one attached hydrogen (secondary N) is 1. The zero-order chi connectivity index (χ0) is 26.3. The molecule has 0 radical (unpaired) electrons. The maximum absolute atomic E-state index is 13.4. The predicted molar refractivity (Wildman–Crippen MR) is 137 cm³/mol. The number of aliphatic hydroxyl groups is 1. The first-order valence-electron chi connectivity index (χ1n) is 11.6. The number of carboxylic acids is 1. The topological polar surface area (TPSA) is 133 Å². The van der Waals surface area contributed by atoms with Crippen LogP contribution in [-0.4, -0.2) is 45.0 Å². The molecule has 1 atom stereocenters. The molecule has 37 heavy (non-hydrogen) atoms. The summed E-state index contributed by atoms with van der Waals surface area (Å²) < 4.78 is 5.35. The fraction of sp³-hybridized carbons (Fsp3) is 0.143. The van der Waals surface area contributed by atoms with Gasteiger partial charge in [0.2, 0.25) is 5.95 Å². The van der Waals surface area contributed by atoms with E-state index in [1.165, 1.54) is 30.2 Å². The fourth-order valence-corrected chi connectivity index (χ4v) is 4.48. The molecule has 1 aliphatic rings. The van der Waals surface area contributed by atoms with Crippen LogP contribution in [0.15, 0.2) is 72.3 Å². The number of hydrogen-bond donors (Lipinski definition) is 3. The fourth-order valence-electron chi connectivity index (χ4n) is 4.48. The maximum atomic E-state index is 13.4. The molecule has 1 unspecified atom stereocenters. The Morgan fingerprint density at radius 1 is 1.03 bits per heavy atom. The number of ketones is 1. The summed E-state index contributed by atoms with van der Waals surface area (Å²) in [5.41, 5.74) is 2.75. The van der Waals surface area contributed by atoms with Gasteiger partial charge in [0.15, 0.2) is 0 Å². The van der Waals surface area contributed by atoms with Crippen molar-refractivity contribution in [3.05, 3.63) is 94.6 Å². The minimum atomic E-state index is -1.11. The normalized spacial score (nSPS) is 16.9. The van der Waals surface area contributed by atoms with E-state index in [2.05, 4.69) is 9.97 Å². The summed E-state index contributed by atoms with van der Waals surface area (Å²) in [5.74, 6) is -2.60. The standard InChI is InChI=1S/C28H23N3O6/c1-3-15-7-9-16(10-8-15)24(32)22-23(17-5-4-6-19(13-17)37-2)31(26(34)25(22)33)28-29-20-12-11-18(27(35)36)14-21(20)30-28/h4-14,23,32H,3H2,1-2H3,(H,29,30)(H,35,36)/b24-22+. The summed E-state index contributed by atoms with van der Waals surface area (Å²) in [6, 6.07) is 17.3. The first kappa shape index (κ1) is 23.8. The number of nitrogens with zero attached hydrogens (tertiary/aromatic N) is 2. The molecule has 1 amide bonds. The Morgan fingerprint density at radius 3 is 2.43 bits per heavy atom. The first-order chi connectivity index (χ1) is 17.8. The zero-order valence-electron chi connectivity index (χ0n) is 20.1. The number of hydrogen-bond acceptors (Lipinski definition) is 6. The number of carboxylic acid groups (broad SMARTS) is 1. The predicted octanol–water partition coefficient (Wildman–Crippen LogP) is 4.46. The van der Waals surface area contributed by atoms with Gasteiger partial charge in [-0.15, -0.1) is 0 Å². The third-order valence-electron chi connectivity index (χ3n) is 6.43. The average Bonchev–Trinajstić information content (AvgIpc) is 3.45. The van der Waals surface area contributed by atoms with E-state index in [-0.39, 0.29) is 22.8 Å². The van der Waals surface area contributed by atoms with E-state index < -0.39 is 23.7 Å². The van der Waals surface area contributed by atoms with Crippen LogP contribution in [-0.2, 0) is 16.0 Å². The Bertz CT molecular complexity index is 1590. The Hall–Kier alpha value is -4.92. The number of fused-ring (bicyclic) bond motifs is 1. The minimum absolute atomic E-state index is 0.0460. The van der Waals surface area contributed by atoms with Gasteiger partial charge in [-0.2, -0.15) is 0 Å². The van der Waals surface area contributed by atoms with Crippen LogP contribution in [0.1, 0.15) is 40.0 Å². The second-order valence-electron chi connectivity index (χ2n) is 8.59. The molecule has 0 aliphatic carbocycles. The maximum Gasteiger partial charge on any atom is 0.335 e. The molecule has 3 N–H and O–H groups in total. The molecular formula is C28H23N3O6. The molecule has 1 saturated heterocycles. The lowest BCUT2D eigenvalue weighted by Gasteiger charge is -2.23. The van der Waals surface area contributed by atoms with Crippen LogP contribution < -0.4 is 9.64 Å². The van der Waals surface area contributed by atoms with Gasteiger partial charge in [0.25, 0.3) is 5.78 Å². The summed E-state index contributed by atoms with van der Waals surface area (Å²) in [6.45, 7) is 2.01. The van der Waals surface area contributed by atoms with Gasteiger partial charge >= 0.3 is 11.9 Å². The van der Waals surface area contributed by atoms with E-state index in [1.807, 2.05) is 19.1 Å². The van der Waals surface area contributed by atoms with Crippen LogP contribution >= 0.6 is 0 Å². The number of aliphatic hydroxyl groups excluding tert-OH is 1. The lowest BCUT2D eigenvalue weighted by molar-refractivity contribution is -0.132. The Morgan fingerprint density at radius 2 is 1.76 bits per heavy atom. The second-order valence-corrected chi connectivity index (χ2v) is 8.59. The molecule has 186 valence electrons. The SMILES string of the molecule is CCc1ccc(/C(O)=C2\C(=O)C(=O)N(c3nc4ccc(C(=O)O)cc4[nH]3)C2c2cccc(OC)c2)cc1. The smallest absolute Gasteiger partial charge is 0.335 e. The lowest BCUT2D eigenvalue weighted by atomic mass is 9.95. The molecule has 1 aromatic heterocycles. The lowest BCUT2D eigenvalue weighted by Crippen LogP contribution is -2.30. The van der Waals surface area contributed by atoms with Gasteiger partial charge in [-0.05, 0) is 47.9 Å². The van der Waals surface area contributed by atoms with Gasteiger partial charge in [-0.1, -0.05) is 43.3 Å². The van der Waals surface area contributed by atoms with E-state index in [4.69, 9.17) is 4.74 Å². The number of imidazole rings is 1. The van der Waals surface area contributed by atoms with Crippen molar-refractivity contribution in [2.24, 2.45) is 0 Å². The number of anilines is 1. The quantitative estimate of drug-likeness (QED) is 0.203. The van der Waals surface area contributed by atoms with Gasteiger partial charge < -0.3 is 19.9 Å². The summed E-state index contributed by atoms with van der Waals surface area (Å²) in [7, 11) is 1.50. The molecular weight excluding hydrogens is 474 g/mol. The number of H-pyrrole nitrogens is 1. The van der Waals surface area contributed by atoms with Gasteiger partial charge in [-0.25, -0.2) is 9.78 Å². The van der Waals surface area contributed by atoms with Crippen molar-refractivity contribution in [3.63, 3.8) is 0 Å². The number of aryl methyl sites for hydroxylation is 1. The van der Waals surface area contributed by atoms with Gasteiger partial charge in [0.1, 0.15) is 11.5 Å².